The van der Waals surface area contributed by atoms with Gasteiger partial charge in [0.2, 0.25) is 0 Å². The Kier molecular flexibility index (Phi) is 8.22. The Hall–Kier alpha value is -3.25. The van der Waals surface area contributed by atoms with Crippen LogP contribution in [0.2, 0.25) is 5.02 Å². The van der Waals surface area contributed by atoms with Crippen molar-refractivity contribution in [1.29, 1.82) is 5.41 Å². The highest BCUT2D eigenvalue weighted by molar-refractivity contribution is 7.91. The van der Waals surface area contributed by atoms with Crippen molar-refractivity contribution < 1.29 is 22.7 Å². The number of amides is 1. The van der Waals surface area contributed by atoms with E-state index in [2.05, 4.69) is 6.58 Å². The Morgan fingerprint density at radius 3 is 2.53 bits per heavy atom. The summed E-state index contributed by atoms with van der Waals surface area (Å²) in [5.74, 6) is -0.851. The normalized spacial score (nSPS) is 16.3. The third kappa shape index (κ3) is 5.46. The Morgan fingerprint density at radius 1 is 1.18 bits per heavy atom. The number of carbonyl (C=O) groups excluding carboxylic acids is 2. The first-order valence-corrected chi connectivity index (χ1v) is 14.3. The number of nitrogens with one attached hydrogen (secondary N) is 1. The zero-order valence-electron chi connectivity index (χ0n) is 20.9. The van der Waals surface area contributed by atoms with Gasteiger partial charge >= 0.3 is 5.97 Å². The maximum Gasteiger partial charge on any atom is 0.329 e. The second-order valence-corrected chi connectivity index (χ2v) is 12.4. The summed E-state index contributed by atoms with van der Waals surface area (Å²) < 4.78 is 33.9. The number of rotatable bonds is 7. The molecule has 1 saturated heterocycles. The summed E-state index contributed by atoms with van der Waals surface area (Å²) in [4.78, 5) is 29.1. The minimum absolute atomic E-state index is 0.00813. The SMILES string of the molecule is C=CCN(C)C(=N)c1ccc(C(=O)N2CCN(S(=O)(=O)c3cc4ccc(Cl)cc4s3)CC2C(=O)OC)cc1. The van der Waals surface area contributed by atoms with Crippen LogP contribution in [-0.2, 0) is 19.6 Å². The number of carbonyl (C=O) groups is 2. The van der Waals surface area contributed by atoms with Crippen LogP contribution in [0.5, 0.6) is 0 Å². The van der Waals surface area contributed by atoms with E-state index < -0.39 is 27.9 Å². The third-order valence-corrected chi connectivity index (χ3v) is 9.97. The number of thiophene rings is 1. The zero-order valence-corrected chi connectivity index (χ0v) is 23.3. The van der Waals surface area contributed by atoms with Crippen molar-refractivity contribution in [2.24, 2.45) is 0 Å². The minimum Gasteiger partial charge on any atom is -0.467 e. The molecule has 200 valence electrons. The molecule has 1 aliphatic heterocycles. The molecule has 1 atom stereocenters. The fraction of sp³-hybridized carbons (Fsp3) is 0.269. The number of methoxy groups -OCH3 is 1. The fourth-order valence-corrected chi connectivity index (χ4v) is 7.50. The molecule has 2 heterocycles. The smallest absolute Gasteiger partial charge is 0.329 e. The van der Waals surface area contributed by atoms with Gasteiger partial charge in [-0.1, -0.05) is 35.9 Å². The van der Waals surface area contributed by atoms with E-state index in [9.17, 15) is 18.0 Å². The lowest BCUT2D eigenvalue weighted by atomic mass is 10.1. The molecule has 0 bridgehead atoms. The van der Waals surface area contributed by atoms with Crippen molar-refractivity contribution in [3.05, 3.63) is 77.3 Å². The number of benzene rings is 2. The summed E-state index contributed by atoms with van der Waals surface area (Å²) in [5, 5.41) is 9.54. The standard InChI is InChI=1S/C26H27ClN4O5S2/c1-4-11-29(2)24(28)17-5-7-18(8-6-17)25(32)31-13-12-30(16-21(31)26(33)36-3)38(34,35)23-14-19-9-10-20(27)15-22(19)37-23/h4-10,14-15,21,28H,1,11-13,16H2,2-3H3. The molecular weight excluding hydrogens is 548 g/mol. The molecular formula is C26H27ClN4O5S2. The van der Waals surface area contributed by atoms with Gasteiger partial charge in [-0.2, -0.15) is 4.31 Å². The van der Waals surface area contributed by atoms with Crippen LogP contribution in [0.25, 0.3) is 10.1 Å². The van der Waals surface area contributed by atoms with Gasteiger partial charge in [-0.3, -0.25) is 10.2 Å². The van der Waals surface area contributed by atoms with Gasteiger partial charge < -0.3 is 14.5 Å². The summed E-state index contributed by atoms with van der Waals surface area (Å²) in [6.45, 7) is 3.97. The van der Waals surface area contributed by atoms with E-state index in [0.717, 1.165) is 21.4 Å². The Bertz CT molecular complexity index is 1500. The molecule has 0 spiro atoms. The van der Waals surface area contributed by atoms with E-state index in [4.69, 9.17) is 21.7 Å². The van der Waals surface area contributed by atoms with Crippen molar-refractivity contribution in [2.45, 2.75) is 10.3 Å². The highest BCUT2D eigenvalue weighted by Gasteiger charge is 2.41. The van der Waals surface area contributed by atoms with Gasteiger partial charge in [-0.25, -0.2) is 13.2 Å². The number of amidine groups is 1. The first-order chi connectivity index (χ1) is 18.1. The topological polar surface area (TPSA) is 111 Å². The molecule has 1 aromatic heterocycles. The molecule has 4 rings (SSSR count). The molecule has 3 aromatic rings. The zero-order chi connectivity index (χ0) is 27.6. The quantitative estimate of drug-likeness (QED) is 0.199. The number of sulfonamides is 1. The van der Waals surface area contributed by atoms with E-state index in [1.165, 1.54) is 16.3 Å². The van der Waals surface area contributed by atoms with Crippen LogP contribution in [-0.4, -0.2) is 86.6 Å². The van der Waals surface area contributed by atoms with Crippen molar-refractivity contribution in [2.75, 3.05) is 40.3 Å². The second kappa shape index (κ2) is 11.2. The van der Waals surface area contributed by atoms with Crippen LogP contribution in [0.15, 0.2) is 65.4 Å². The average Bonchev–Trinajstić information content (AvgIpc) is 3.36. The highest BCUT2D eigenvalue weighted by atomic mass is 35.5. The van der Waals surface area contributed by atoms with Gasteiger partial charge in [0.05, 0.1) is 7.11 Å². The number of piperazine rings is 1. The van der Waals surface area contributed by atoms with Crippen LogP contribution in [0, 0.1) is 5.41 Å². The number of hydrogen-bond donors (Lipinski definition) is 1. The van der Waals surface area contributed by atoms with Gasteiger partial charge in [-0.15, -0.1) is 17.9 Å². The fourth-order valence-electron chi connectivity index (χ4n) is 4.23. The molecule has 1 unspecified atom stereocenters. The first-order valence-electron chi connectivity index (χ1n) is 11.7. The van der Waals surface area contributed by atoms with E-state index in [1.807, 2.05) is 0 Å². The van der Waals surface area contributed by atoms with Gasteiger partial charge in [0.25, 0.3) is 15.9 Å². The van der Waals surface area contributed by atoms with Crippen molar-refractivity contribution in [3.63, 3.8) is 0 Å². The molecule has 0 aliphatic carbocycles. The molecule has 9 nitrogen and oxygen atoms in total. The summed E-state index contributed by atoms with van der Waals surface area (Å²) in [5.41, 5.74) is 0.940. The van der Waals surface area contributed by atoms with Crippen molar-refractivity contribution >= 4 is 60.8 Å². The van der Waals surface area contributed by atoms with Crippen LogP contribution < -0.4 is 0 Å². The average molecular weight is 575 g/mol. The van der Waals surface area contributed by atoms with E-state index >= 15 is 0 Å². The summed E-state index contributed by atoms with van der Waals surface area (Å²) in [6.07, 6.45) is 1.69. The van der Waals surface area contributed by atoms with Crippen LogP contribution in [0.3, 0.4) is 0 Å². The summed E-state index contributed by atoms with van der Waals surface area (Å²) in [6, 6.07) is 12.1. The summed E-state index contributed by atoms with van der Waals surface area (Å²) in [7, 11) is -0.953. The number of nitrogens with zero attached hydrogens (tertiary/aromatic N) is 3. The number of esters is 1. The maximum absolute atomic E-state index is 13.5. The van der Waals surface area contributed by atoms with Gasteiger partial charge in [-0.05, 0) is 35.7 Å². The van der Waals surface area contributed by atoms with Crippen LogP contribution in [0.1, 0.15) is 15.9 Å². The highest BCUT2D eigenvalue weighted by Crippen LogP contribution is 2.33. The van der Waals surface area contributed by atoms with E-state index in [1.54, 1.807) is 66.6 Å². The number of likely N-dealkylation sites (N-methyl/N-ethyl adjacent to an activating group) is 1. The number of fused-ring (bicyclic) bond motifs is 1. The molecule has 1 aliphatic rings. The lowest BCUT2D eigenvalue weighted by molar-refractivity contribution is -0.147. The Labute approximate surface area is 230 Å². The summed E-state index contributed by atoms with van der Waals surface area (Å²) >= 11 is 7.15. The maximum atomic E-state index is 13.5. The third-order valence-electron chi connectivity index (χ3n) is 6.32. The van der Waals surface area contributed by atoms with E-state index in [0.29, 0.717) is 22.7 Å². The van der Waals surface area contributed by atoms with Gasteiger partial charge in [0.1, 0.15) is 16.1 Å². The Morgan fingerprint density at radius 2 is 1.87 bits per heavy atom. The van der Waals surface area contributed by atoms with Crippen LogP contribution >= 0.6 is 22.9 Å². The molecule has 38 heavy (non-hydrogen) atoms. The number of hydrogen-bond acceptors (Lipinski definition) is 7. The van der Waals surface area contributed by atoms with Crippen molar-refractivity contribution in [1.82, 2.24) is 14.1 Å². The number of halogens is 1. The predicted octanol–water partition coefficient (Wildman–Crippen LogP) is 3.69. The van der Waals surface area contributed by atoms with Gasteiger partial charge in [0, 0.05) is 54.1 Å². The monoisotopic (exact) mass is 574 g/mol. The molecule has 0 saturated carbocycles. The minimum atomic E-state index is -3.93. The van der Waals surface area contributed by atoms with E-state index in [-0.39, 0.29) is 29.7 Å². The van der Waals surface area contributed by atoms with Gasteiger partial charge in [0.15, 0.2) is 0 Å². The lowest BCUT2D eigenvalue weighted by Crippen LogP contribution is -2.59. The van der Waals surface area contributed by atoms with Crippen molar-refractivity contribution in [3.8, 4) is 0 Å². The molecule has 2 aromatic carbocycles. The molecule has 1 N–H and O–H groups in total. The largest absolute Gasteiger partial charge is 0.467 e. The predicted molar refractivity (Wildman–Crippen MR) is 149 cm³/mol. The molecule has 12 heteroatoms. The molecule has 1 fully saturated rings. The van der Waals surface area contributed by atoms with Crippen LogP contribution in [0.4, 0.5) is 0 Å². The Balaban J connectivity index is 1.55. The first kappa shape index (κ1) is 27.8. The molecule has 0 radical (unpaired) electrons. The lowest BCUT2D eigenvalue weighted by Gasteiger charge is -2.39. The second-order valence-electron chi connectivity index (χ2n) is 8.74. The molecule has 1 amide bonds. The number of ether oxygens (including phenoxy) is 1.